The van der Waals surface area contributed by atoms with Crippen molar-refractivity contribution >= 4 is 49.9 Å². The zero-order valence-corrected chi connectivity index (χ0v) is 16.5. The van der Waals surface area contributed by atoms with Crippen LogP contribution in [-0.2, 0) is 10.0 Å². The van der Waals surface area contributed by atoms with Gasteiger partial charge in [-0.2, -0.15) is 0 Å². The van der Waals surface area contributed by atoms with E-state index in [0.29, 0.717) is 16.9 Å². The summed E-state index contributed by atoms with van der Waals surface area (Å²) >= 11 is 2.15. The highest BCUT2D eigenvalue weighted by Crippen LogP contribution is 2.19. The Labute approximate surface area is 165 Å². The van der Waals surface area contributed by atoms with E-state index in [0.717, 1.165) is 3.57 Å². The lowest BCUT2D eigenvalue weighted by molar-refractivity contribution is 0.102. The molecule has 0 radical (unpaired) electrons. The monoisotopic (exact) mass is 478 g/mol. The van der Waals surface area contributed by atoms with Gasteiger partial charge in [-0.15, -0.1) is 0 Å². The van der Waals surface area contributed by atoms with E-state index in [-0.39, 0.29) is 10.8 Å². The number of nitrogens with one attached hydrogen (secondary N) is 2. The maximum Gasteiger partial charge on any atom is 0.261 e. The maximum atomic E-state index is 12.4. The molecule has 0 saturated carbocycles. The molecule has 3 aromatic carbocycles. The maximum absolute atomic E-state index is 12.4. The standard InChI is InChI=1S/C19H15IN2O3S/c20-15-6-8-17(9-7-15)22-26(24,25)18-12-10-16(11-13-18)21-19(23)14-4-2-1-3-5-14/h1-13,22H,(H,21,23). The number of anilines is 2. The molecular weight excluding hydrogens is 463 g/mol. The molecular formula is C19H15IN2O3S. The lowest BCUT2D eigenvalue weighted by Gasteiger charge is -2.10. The summed E-state index contributed by atoms with van der Waals surface area (Å²) in [6, 6.07) is 21.9. The van der Waals surface area contributed by atoms with E-state index in [4.69, 9.17) is 0 Å². The van der Waals surface area contributed by atoms with Crippen LogP contribution in [0.15, 0.2) is 83.8 Å². The summed E-state index contributed by atoms with van der Waals surface area (Å²) in [6.07, 6.45) is 0. The van der Waals surface area contributed by atoms with Crippen molar-refractivity contribution in [3.05, 3.63) is 88.0 Å². The highest BCUT2D eigenvalue weighted by atomic mass is 127. The van der Waals surface area contributed by atoms with Crippen LogP contribution >= 0.6 is 22.6 Å². The summed E-state index contributed by atoms with van der Waals surface area (Å²) in [6.45, 7) is 0. The highest BCUT2D eigenvalue weighted by molar-refractivity contribution is 14.1. The molecule has 2 N–H and O–H groups in total. The summed E-state index contributed by atoms with van der Waals surface area (Å²) in [5.74, 6) is -0.252. The van der Waals surface area contributed by atoms with Crippen molar-refractivity contribution in [2.75, 3.05) is 10.0 Å². The van der Waals surface area contributed by atoms with Gasteiger partial charge in [0.15, 0.2) is 0 Å². The van der Waals surface area contributed by atoms with Crippen molar-refractivity contribution in [3.63, 3.8) is 0 Å². The van der Waals surface area contributed by atoms with Gasteiger partial charge in [-0.1, -0.05) is 18.2 Å². The van der Waals surface area contributed by atoms with Gasteiger partial charge in [0.05, 0.1) is 4.90 Å². The van der Waals surface area contributed by atoms with E-state index < -0.39 is 10.0 Å². The molecule has 0 aliphatic heterocycles. The molecule has 0 aliphatic carbocycles. The average molecular weight is 478 g/mol. The normalized spacial score (nSPS) is 11.0. The third-order valence-corrected chi connectivity index (χ3v) is 5.67. The molecule has 0 unspecified atom stereocenters. The predicted molar refractivity (Wildman–Crippen MR) is 111 cm³/mol. The Kier molecular flexibility index (Phi) is 5.58. The molecule has 0 saturated heterocycles. The Balaban J connectivity index is 1.72. The first-order valence-electron chi connectivity index (χ1n) is 7.69. The fourth-order valence-corrected chi connectivity index (χ4v) is 3.66. The highest BCUT2D eigenvalue weighted by Gasteiger charge is 2.14. The fourth-order valence-electron chi connectivity index (χ4n) is 2.24. The van der Waals surface area contributed by atoms with Crippen LogP contribution in [0.2, 0.25) is 0 Å². The SMILES string of the molecule is O=C(Nc1ccc(S(=O)(=O)Nc2ccc(I)cc2)cc1)c1ccccc1. The molecule has 0 aliphatic rings. The van der Waals surface area contributed by atoms with E-state index in [9.17, 15) is 13.2 Å². The van der Waals surface area contributed by atoms with Gasteiger partial charge in [-0.25, -0.2) is 8.42 Å². The number of halogens is 1. The predicted octanol–water partition coefficient (Wildman–Crippen LogP) is 4.34. The average Bonchev–Trinajstić information content (AvgIpc) is 2.64. The molecule has 132 valence electrons. The van der Waals surface area contributed by atoms with Crippen LogP contribution in [-0.4, -0.2) is 14.3 Å². The lowest BCUT2D eigenvalue weighted by atomic mass is 10.2. The molecule has 0 heterocycles. The zero-order chi connectivity index (χ0) is 18.6. The van der Waals surface area contributed by atoms with Gasteiger partial charge in [0, 0.05) is 20.5 Å². The Hall–Kier alpha value is -2.39. The van der Waals surface area contributed by atoms with E-state index >= 15 is 0 Å². The third-order valence-electron chi connectivity index (χ3n) is 3.55. The Bertz CT molecular complexity index is 1000. The number of benzene rings is 3. The largest absolute Gasteiger partial charge is 0.322 e. The van der Waals surface area contributed by atoms with Crippen LogP contribution in [0.5, 0.6) is 0 Å². The van der Waals surface area contributed by atoms with Crippen LogP contribution in [0.25, 0.3) is 0 Å². The first-order valence-corrected chi connectivity index (χ1v) is 10.3. The Morgan fingerprint density at radius 3 is 1.96 bits per heavy atom. The molecule has 5 nitrogen and oxygen atoms in total. The second-order valence-electron chi connectivity index (χ2n) is 5.46. The Morgan fingerprint density at radius 1 is 0.769 bits per heavy atom. The minimum Gasteiger partial charge on any atom is -0.322 e. The van der Waals surface area contributed by atoms with Crippen molar-refractivity contribution in [1.29, 1.82) is 0 Å². The summed E-state index contributed by atoms with van der Waals surface area (Å²) in [5, 5.41) is 2.74. The first kappa shape index (κ1) is 18.4. The molecule has 0 spiro atoms. The van der Waals surface area contributed by atoms with Gasteiger partial charge in [0.25, 0.3) is 15.9 Å². The van der Waals surface area contributed by atoms with Gasteiger partial charge in [-0.05, 0) is 83.3 Å². The molecule has 3 aromatic rings. The van der Waals surface area contributed by atoms with Gasteiger partial charge in [0.2, 0.25) is 0 Å². The van der Waals surface area contributed by atoms with Crippen molar-refractivity contribution in [2.24, 2.45) is 0 Å². The van der Waals surface area contributed by atoms with E-state index in [1.807, 2.05) is 18.2 Å². The number of amides is 1. The Morgan fingerprint density at radius 2 is 1.35 bits per heavy atom. The van der Waals surface area contributed by atoms with Gasteiger partial charge in [-0.3, -0.25) is 9.52 Å². The first-order chi connectivity index (χ1) is 12.4. The third kappa shape index (κ3) is 4.61. The summed E-state index contributed by atoms with van der Waals surface area (Å²) in [7, 11) is -3.69. The van der Waals surface area contributed by atoms with E-state index in [1.54, 1.807) is 48.5 Å². The number of rotatable bonds is 5. The van der Waals surface area contributed by atoms with Crippen LogP contribution < -0.4 is 10.0 Å². The van der Waals surface area contributed by atoms with Crippen molar-refractivity contribution in [2.45, 2.75) is 4.90 Å². The molecule has 0 fully saturated rings. The summed E-state index contributed by atoms with van der Waals surface area (Å²) in [5.41, 5.74) is 1.54. The number of sulfonamides is 1. The number of carbonyl (C=O) groups is 1. The van der Waals surface area contributed by atoms with Gasteiger partial charge < -0.3 is 5.32 Å². The second-order valence-corrected chi connectivity index (χ2v) is 8.38. The fraction of sp³-hybridized carbons (Fsp3) is 0. The molecule has 26 heavy (non-hydrogen) atoms. The minimum atomic E-state index is -3.69. The zero-order valence-electron chi connectivity index (χ0n) is 13.5. The van der Waals surface area contributed by atoms with Crippen LogP contribution in [0.4, 0.5) is 11.4 Å². The summed E-state index contributed by atoms with van der Waals surface area (Å²) < 4.78 is 28.4. The van der Waals surface area contributed by atoms with E-state index in [1.165, 1.54) is 12.1 Å². The molecule has 7 heteroatoms. The van der Waals surface area contributed by atoms with Crippen LogP contribution in [0.1, 0.15) is 10.4 Å². The molecule has 3 rings (SSSR count). The molecule has 1 amide bonds. The van der Waals surface area contributed by atoms with Crippen molar-refractivity contribution in [3.8, 4) is 0 Å². The van der Waals surface area contributed by atoms with Gasteiger partial charge in [0.1, 0.15) is 0 Å². The van der Waals surface area contributed by atoms with Crippen molar-refractivity contribution < 1.29 is 13.2 Å². The minimum absolute atomic E-state index is 0.119. The second kappa shape index (κ2) is 7.88. The molecule has 0 aromatic heterocycles. The van der Waals surface area contributed by atoms with E-state index in [2.05, 4.69) is 32.6 Å². The number of hydrogen-bond acceptors (Lipinski definition) is 3. The molecule has 0 bridgehead atoms. The van der Waals surface area contributed by atoms with Gasteiger partial charge >= 0.3 is 0 Å². The summed E-state index contributed by atoms with van der Waals surface area (Å²) in [4.78, 5) is 12.2. The number of hydrogen-bond donors (Lipinski definition) is 2. The van der Waals surface area contributed by atoms with Crippen molar-refractivity contribution in [1.82, 2.24) is 0 Å². The van der Waals surface area contributed by atoms with Crippen LogP contribution in [0, 0.1) is 3.57 Å². The number of carbonyl (C=O) groups excluding carboxylic acids is 1. The topological polar surface area (TPSA) is 75.3 Å². The quantitative estimate of drug-likeness (QED) is 0.536. The molecule has 0 atom stereocenters. The smallest absolute Gasteiger partial charge is 0.261 e. The lowest BCUT2D eigenvalue weighted by Crippen LogP contribution is -2.14. The van der Waals surface area contributed by atoms with Crippen LogP contribution in [0.3, 0.4) is 0 Å².